The fourth-order valence-corrected chi connectivity index (χ4v) is 1.05. The first-order chi connectivity index (χ1) is 6.11. The number of nitrogens with two attached hydrogens (primary N) is 1. The van der Waals surface area contributed by atoms with E-state index in [2.05, 4.69) is 0 Å². The van der Waals surface area contributed by atoms with Crippen LogP contribution in [0.3, 0.4) is 0 Å². The zero-order valence-corrected chi connectivity index (χ0v) is 7.88. The summed E-state index contributed by atoms with van der Waals surface area (Å²) in [6.07, 6.45) is -0.0822. The normalized spacial score (nSPS) is 12.6. The van der Waals surface area contributed by atoms with E-state index in [-0.39, 0.29) is 11.9 Å². The average molecular weight is 183 g/mol. The molecule has 3 heteroatoms. The molecule has 0 heterocycles. The Morgan fingerprint density at radius 3 is 2.69 bits per heavy atom. The quantitative estimate of drug-likeness (QED) is 0.776. The predicted molar refractivity (Wildman–Crippen MR) is 50.3 cm³/mol. The smallest absolute Gasteiger partial charge is 0.127 e. The largest absolute Gasteiger partial charge is 0.489 e. The van der Waals surface area contributed by atoms with Crippen molar-refractivity contribution < 1.29 is 9.13 Å². The topological polar surface area (TPSA) is 35.2 Å². The fourth-order valence-electron chi connectivity index (χ4n) is 1.05. The van der Waals surface area contributed by atoms with E-state index < -0.39 is 0 Å². The summed E-state index contributed by atoms with van der Waals surface area (Å²) >= 11 is 0. The molecule has 0 saturated carbocycles. The first-order valence-corrected chi connectivity index (χ1v) is 4.25. The Balaban J connectivity index is 2.77. The average Bonchev–Trinajstić information content (AvgIpc) is 2.02. The van der Waals surface area contributed by atoms with E-state index in [1.54, 1.807) is 6.07 Å². The van der Waals surface area contributed by atoms with Gasteiger partial charge in [0.1, 0.15) is 17.7 Å². The molecule has 1 rings (SSSR count). The molecule has 0 aromatic heterocycles. The molecule has 72 valence electrons. The van der Waals surface area contributed by atoms with E-state index in [1.165, 1.54) is 12.1 Å². The van der Waals surface area contributed by atoms with Gasteiger partial charge in [0, 0.05) is 12.6 Å². The Bertz CT molecular complexity index is 268. The number of hydrogen-bond acceptors (Lipinski definition) is 2. The highest BCUT2D eigenvalue weighted by molar-refractivity contribution is 5.28. The molecule has 0 radical (unpaired) electrons. The molecular weight excluding hydrogens is 169 g/mol. The van der Waals surface area contributed by atoms with Crippen LogP contribution < -0.4 is 10.5 Å². The van der Waals surface area contributed by atoms with Gasteiger partial charge in [-0.3, -0.25) is 0 Å². The van der Waals surface area contributed by atoms with E-state index >= 15 is 0 Å². The fraction of sp³-hybridized carbons (Fsp3) is 0.400. The summed E-state index contributed by atoms with van der Waals surface area (Å²) in [4.78, 5) is 0. The van der Waals surface area contributed by atoms with E-state index in [9.17, 15) is 4.39 Å². The minimum atomic E-state index is -0.278. The molecule has 0 bridgehead atoms. The van der Waals surface area contributed by atoms with Crippen LogP contribution in [0.5, 0.6) is 5.75 Å². The van der Waals surface area contributed by atoms with Gasteiger partial charge in [-0.05, 0) is 31.5 Å². The number of aryl methyl sites for hydroxylation is 1. The lowest BCUT2D eigenvalue weighted by molar-refractivity contribution is 0.229. The SMILES string of the molecule is Cc1cc(F)cc(OC(C)CN)c1. The monoisotopic (exact) mass is 183 g/mol. The molecule has 2 N–H and O–H groups in total. The lowest BCUT2D eigenvalue weighted by atomic mass is 10.2. The van der Waals surface area contributed by atoms with Gasteiger partial charge in [0.05, 0.1) is 0 Å². The van der Waals surface area contributed by atoms with Crippen LogP contribution in [-0.2, 0) is 0 Å². The first-order valence-electron chi connectivity index (χ1n) is 4.25. The Morgan fingerprint density at radius 2 is 2.15 bits per heavy atom. The summed E-state index contributed by atoms with van der Waals surface area (Å²) in [6.45, 7) is 4.10. The van der Waals surface area contributed by atoms with Crippen LogP contribution in [0.2, 0.25) is 0 Å². The van der Waals surface area contributed by atoms with E-state index in [0.29, 0.717) is 12.3 Å². The molecule has 1 aromatic rings. The molecule has 0 spiro atoms. The van der Waals surface area contributed by atoms with Gasteiger partial charge in [-0.2, -0.15) is 0 Å². The lowest BCUT2D eigenvalue weighted by Gasteiger charge is -2.12. The number of rotatable bonds is 3. The van der Waals surface area contributed by atoms with Crippen molar-refractivity contribution in [3.8, 4) is 5.75 Å². The minimum absolute atomic E-state index is 0.0822. The Kier molecular flexibility index (Phi) is 3.25. The van der Waals surface area contributed by atoms with Crippen LogP contribution in [-0.4, -0.2) is 12.6 Å². The Labute approximate surface area is 77.5 Å². The van der Waals surface area contributed by atoms with Crippen LogP contribution in [0.25, 0.3) is 0 Å². The molecule has 0 aliphatic rings. The summed E-state index contributed by atoms with van der Waals surface area (Å²) < 4.78 is 18.2. The number of halogens is 1. The van der Waals surface area contributed by atoms with Crippen molar-refractivity contribution >= 4 is 0 Å². The first kappa shape index (κ1) is 9.99. The molecule has 0 aliphatic carbocycles. The predicted octanol–water partition coefficient (Wildman–Crippen LogP) is 1.86. The van der Waals surface area contributed by atoms with E-state index in [1.807, 2.05) is 13.8 Å². The maximum Gasteiger partial charge on any atom is 0.127 e. The lowest BCUT2D eigenvalue weighted by Crippen LogP contribution is -2.22. The molecule has 0 amide bonds. The maximum absolute atomic E-state index is 12.9. The van der Waals surface area contributed by atoms with Crippen LogP contribution in [0.15, 0.2) is 18.2 Å². The number of benzene rings is 1. The van der Waals surface area contributed by atoms with Crippen LogP contribution in [0.4, 0.5) is 4.39 Å². The number of hydrogen-bond donors (Lipinski definition) is 1. The van der Waals surface area contributed by atoms with Crippen molar-refractivity contribution in [3.63, 3.8) is 0 Å². The summed E-state index contributed by atoms with van der Waals surface area (Å²) in [5, 5.41) is 0. The van der Waals surface area contributed by atoms with E-state index in [0.717, 1.165) is 5.56 Å². The highest BCUT2D eigenvalue weighted by Crippen LogP contribution is 2.16. The third kappa shape index (κ3) is 3.03. The van der Waals surface area contributed by atoms with Crippen LogP contribution in [0, 0.1) is 12.7 Å². The van der Waals surface area contributed by atoms with Crippen molar-refractivity contribution in [2.75, 3.05) is 6.54 Å². The van der Waals surface area contributed by atoms with Gasteiger partial charge in [-0.1, -0.05) is 0 Å². The molecule has 0 fully saturated rings. The second-order valence-electron chi connectivity index (χ2n) is 3.13. The van der Waals surface area contributed by atoms with Gasteiger partial charge in [0.2, 0.25) is 0 Å². The molecular formula is C10H14FNO. The minimum Gasteiger partial charge on any atom is -0.489 e. The standard InChI is InChI=1S/C10H14FNO/c1-7-3-9(11)5-10(4-7)13-8(2)6-12/h3-5,8H,6,12H2,1-2H3. The zero-order valence-electron chi connectivity index (χ0n) is 7.88. The summed E-state index contributed by atoms with van der Waals surface area (Å²) in [5.41, 5.74) is 6.22. The van der Waals surface area contributed by atoms with E-state index in [4.69, 9.17) is 10.5 Å². The number of ether oxygens (including phenoxy) is 1. The Hall–Kier alpha value is -1.09. The van der Waals surface area contributed by atoms with Crippen LogP contribution in [0.1, 0.15) is 12.5 Å². The third-order valence-corrected chi connectivity index (χ3v) is 1.68. The second-order valence-corrected chi connectivity index (χ2v) is 3.13. The van der Waals surface area contributed by atoms with Gasteiger partial charge in [-0.25, -0.2) is 4.39 Å². The summed E-state index contributed by atoms with van der Waals surface area (Å²) in [5.74, 6) is 0.259. The molecule has 1 aromatic carbocycles. The van der Waals surface area contributed by atoms with Crippen molar-refractivity contribution in [1.29, 1.82) is 0 Å². The summed E-state index contributed by atoms with van der Waals surface area (Å²) in [7, 11) is 0. The summed E-state index contributed by atoms with van der Waals surface area (Å²) in [6, 6.07) is 4.61. The van der Waals surface area contributed by atoms with Crippen molar-refractivity contribution in [3.05, 3.63) is 29.6 Å². The van der Waals surface area contributed by atoms with Crippen molar-refractivity contribution in [1.82, 2.24) is 0 Å². The molecule has 13 heavy (non-hydrogen) atoms. The van der Waals surface area contributed by atoms with Gasteiger partial charge < -0.3 is 10.5 Å². The zero-order chi connectivity index (χ0) is 9.84. The maximum atomic E-state index is 12.9. The Morgan fingerprint density at radius 1 is 1.46 bits per heavy atom. The van der Waals surface area contributed by atoms with Crippen molar-refractivity contribution in [2.24, 2.45) is 5.73 Å². The van der Waals surface area contributed by atoms with Gasteiger partial charge >= 0.3 is 0 Å². The highest BCUT2D eigenvalue weighted by Gasteiger charge is 2.03. The van der Waals surface area contributed by atoms with Gasteiger partial charge in [0.25, 0.3) is 0 Å². The molecule has 0 saturated heterocycles. The molecule has 0 aliphatic heterocycles. The van der Waals surface area contributed by atoms with Crippen LogP contribution >= 0.6 is 0 Å². The van der Waals surface area contributed by atoms with Crippen molar-refractivity contribution in [2.45, 2.75) is 20.0 Å². The third-order valence-electron chi connectivity index (χ3n) is 1.68. The van der Waals surface area contributed by atoms with Gasteiger partial charge in [-0.15, -0.1) is 0 Å². The highest BCUT2D eigenvalue weighted by atomic mass is 19.1. The second kappa shape index (κ2) is 4.23. The molecule has 1 unspecified atom stereocenters. The van der Waals surface area contributed by atoms with Gasteiger partial charge in [0.15, 0.2) is 0 Å². The molecule has 1 atom stereocenters. The molecule has 2 nitrogen and oxygen atoms in total.